The molecular weight excluding hydrogens is 250 g/mol. The number of nitrogens with one attached hydrogen (secondary N) is 1. The Bertz CT molecular complexity index is 424. The number of hydrogen-bond donors (Lipinski definition) is 1. The number of nitrogens with zero attached hydrogens (tertiary/aromatic N) is 2. The Morgan fingerprint density at radius 1 is 1.25 bits per heavy atom. The molecule has 2 rings (SSSR count). The van der Waals surface area contributed by atoms with Crippen LogP contribution in [0, 0.1) is 0 Å². The molecule has 0 aromatic heterocycles. The number of carbonyl (C=O) groups excluding carboxylic acids is 1. The maximum Gasteiger partial charge on any atom is 0.253 e. The molecule has 110 valence electrons. The predicted molar refractivity (Wildman–Crippen MR) is 83.4 cm³/mol. The number of rotatable bonds is 5. The number of piperazine rings is 1. The number of hydrogen-bond acceptors (Lipinski definition) is 3. The van der Waals surface area contributed by atoms with E-state index in [1.807, 2.05) is 29.2 Å². The Labute approximate surface area is 121 Å². The van der Waals surface area contributed by atoms with Crippen LogP contribution in [0.2, 0.25) is 0 Å². The standard InChI is InChI=1S/C16H25N3O/c1-3-4-11-18(2)15-7-5-14(6-8-15)16(20)19-12-9-17-10-13-19/h5-8,17H,3-4,9-13H2,1-2H3. The fourth-order valence-corrected chi connectivity index (χ4v) is 2.43. The lowest BCUT2D eigenvalue weighted by Gasteiger charge is -2.27. The molecule has 1 saturated heterocycles. The van der Waals surface area contributed by atoms with Crippen molar-refractivity contribution in [3.8, 4) is 0 Å². The SMILES string of the molecule is CCCCN(C)c1ccc(C(=O)N2CCNCC2)cc1. The van der Waals surface area contributed by atoms with Crippen molar-refractivity contribution in [3.63, 3.8) is 0 Å². The number of unbranched alkanes of at least 4 members (excludes halogenated alkanes) is 1. The molecule has 1 amide bonds. The minimum Gasteiger partial charge on any atom is -0.375 e. The Hall–Kier alpha value is -1.55. The lowest BCUT2D eigenvalue weighted by atomic mass is 10.1. The first-order chi connectivity index (χ1) is 9.72. The number of amides is 1. The number of benzene rings is 1. The van der Waals surface area contributed by atoms with Crippen LogP contribution in [-0.4, -0.2) is 50.6 Å². The quantitative estimate of drug-likeness (QED) is 0.892. The van der Waals surface area contributed by atoms with Crippen molar-refractivity contribution in [2.24, 2.45) is 0 Å². The van der Waals surface area contributed by atoms with Crippen LogP contribution < -0.4 is 10.2 Å². The van der Waals surface area contributed by atoms with Gasteiger partial charge < -0.3 is 15.1 Å². The van der Waals surface area contributed by atoms with E-state index in [1.54, 1.807) is 0 Å². The van der Waals surface area contributed by atoms with Crippen LogP contribution in [0.5, 0.6) is 0 Å². The molecule has 4 nitrogen and oxygen atoms in total. The molecule has 0 spiro atoms. The molecule has 1 aliphatic heterocycles. The van der Waals surface area contributed by atoms with E-state index in [0.717, 1.165) is 38.3 Å². The van der Waals surface area contributed by atoms with E-state index in [1.165, 1.54) is 18.5 Å². The molecule has 1 N–H and O–H groups in total. The van der Waals surface area contributed by atoms with Crippen molar-refractivity contribution in [2.45, 2.75) is 19.8 Å². The third-order valence-electron chi connectivity index (χ3n) is 3.81. The normalized spacial score (nSPS) is 15.2. The van der Waals surface area contributed by atoms with Crippen LogP contribution in [0.4, 0.5) is 5.69 Å². The summed E-state index contributed by atoms with van der Waals surface area (Å²) in [4.78, 5) is 16.5. The average Bonchev–Trinajstić information content (AvgIpc) is 2.53. The van der Waals surface area contributed by atoms with E-state index in [2.05, 4.69) is 24.2 Å². The van der Waals surface area contributed by atoms with Gasteiger partial charge >= 0.3 is 0 Å². The van der Waals surface area contributed by atoms with Gasteiger partial charge in [-0.2, -0.15) is 0 Å². The second-order valence-corrected chi connectivity index (χ2v) is 5.36. The Balaban J connectivity index is 1.98. The molecule has 0 unspecified atom stereocenters. The van der Waals surface area contributed by atoms with E-state index in [0.29, 0.717) is 0 Å². The van der Waals surface area contributed by atoms with Crippen LogP contribution in [-0.2, 0) is 0 Å². The Morgan fingerprint density at radius 3 is 2.50 bits per heavy atom. The predicted octanol–water partition coefficient (Wildman–Crippen LogP) is 1.97. The fourth-order valence-electron chi connectivity index (χ4n) is 2.43. The highest BCUT2D eigenvalue weighted by Gasteiger charge is 2.17. The Morgan fingerprint density at radius 2 is 1.90 bits per heavy atom. The molecule has 1 heterocycles. The van der Waals surface area contributed by atoms with Gasteiger partial charge in [0.1, 0.15) is 0 Å². The average molecular weight is 275 g/mol. The summed E-state index contributed by atoms with van der Waals surface area (Å²) in [7, 11) is 2.10. The van der Waals surface area contributed by atoms with Crippen molar-refractivity contribution in [1.82, 2.24) is 10.2 Å². The van der Waals surface area contributed by atoms with E-state index in [4.69, 9.17) is 0 Å². The van der Waals surface area contributed by atoms with Crippen LogP contribution in [0.15, 0.2) is 24.3 Å². The highest BCUT2D eigenvalue weighted by molar-refractivity contribution is 5.94. The summed E-state index contributed by atoms with van der Waals surface area (Å²) in [5, 5.41) is 3.26. The van der Waals surface area contributed by atoms with Crippen molar-refractivity contribution in [3.05, 3.63) is 29.8 Å². The summed E-state index contributed by atoms with van der Waals surface area (Å²) < 4.78 is 0. The highest BCUT2D eigenvalue weighted by atomic mass is 16.2. The fraction of sp³-hybridized carbons (Fsp3) is 0.562. The molecule has 1 aromatic rings. The zero-order chi connectivity index (χ0) is 14.4. The molecule has 0 aliphatic carbocycles. The first kappa shape index (κ1) is 14.9. The van der Waals surface area contributed by atoms with Gasteiger partial charge in [-0.05, 0) is 30.7 Å². The van der Waals surface area contributed by atoms with Crippen LogP contribution >= 0.6 is 0 Å². The van der Waals surface area contributed by atoms with Gasteiger partial charge in [-0.15, -0.1) is 0 Å². The summed E-state index contributed by atoms with van der Waals surface area (Å²) in [6.45, 7) is 6.64. The summed E-state index contributed by atoms with van der Waals surface area (Å²) in [6.07, 6.45) is 2.39. The molecule has 0 saturated carbocycles. The highest BCUT2D eigenvalue weighted by Crippen LogP contribution is 2.16. The van der Waals surface area contributed by atoms with Gasteiger partial charge in [0.2, 0.25) is 0 Å². The summed E-state index contributed by atoms with van der Waals surface area (Å²) in [5.41, 5.74) is 1.97. The second-order valence-electron chi connectivity index (χ2n) is 5.36. The topological polar surface area (TPSA) is 35.6 Å². The lowest BCUT2D eigenvalue weighted by molar-refractivity contribution is 0.0736. The van der Waals surface area contributed by atoms with Gasteiger partial charge in [-0.3, -0.25) is 4.79 Å². The molecule has 0 bridgehead atoms. The van der Waals surface area contributed by atoms with E-state index in [-0.39, 0.29) is 5.91 Å². The zero-order valence-corrected chi connectivity index (χ0v) is 12.6. The van der Waals surface area contributed by atoms with Gasteiger partial charge in [-0.25, -0.2) is 0 Å². The molecule has 0 radical (unpaired) electrons. The van der Waals surface area contributed by atoms with Crippen molar-refractivity contribution >= 4 is 11.6 Å². The van der Waals surface area contributed by atoms with Crippen molar-refractivity contribution in [1.29, 1.82) is 0 Å². The lowest BCUT2D eigenvalue weighted by Crippen LogP contribution is -2.46. The number of carbonyl (C=O) groups is 1. The van der Waals surface area contributed by atoms with Gasteiger partial charge in [-0.1, -0.05) is 13.3 Å². The van der Waals surface area contributed by atoms with Crippen LogP contribution in [0.1, 0.15) is 30.1 Å². The largest absolute Gasteiger partial charge is 0.375 e. The molecule has 0 atom stereocenters. The summed E-state index contributed by atoms with van der Waals surface area (Å²) in [6, 6.07) is 7.99. The maximum atomic E-state index is 12.3. The first-order valence-corrected chi connectivity index (χ1v) is 7.53. The van der Waals surface area contributed by atoms with E-state index >= 15 is 0 Å². The second kappa shape index (κ2) is 7.29. The van der Waals surface area contributed by atoms with E-state index < -0.39 is 0 Å². The Kier molecular flexibility index (Phi) is 5.41. The van der Waals surface area contributed by atoms with Gasteiger partial charge in [0.05, 0.1) is 0 Å². The first-order valence-electron chi connectivity index (χ1n) is 7.53. The van der Waals surface area contributed by atoms with Crippen molar-refractivity contribution < 1.29 is 4.79 Å². The van der Waals surface area contributed by atoms with E-state index in [9.17, 15) is 4.79 Å². The summed E-state index contributed by atoms with van der Waals surface area (Å²) in [5.74, 6) is 0.147. The zero-order valence-electron chi connectivity index (χ0n) is 12.6. The minimum absolute atomic E-state index is 0.147. The van der Waals surface area contributed by atoms with Gasteiger partial charge in [0.25, 0.3) is 5.91 Å². The van der Waals surface area contributed by atoms with Crippen LogP contribution in [0.3, 0.4) is 0 Å². The third-order valence-corrected chi connectivity index (χ3v) is 3.81. The summed E-state index contributed by atoms with van der Waals surface area (Å²) >= 11 is 0. The minimum atomic E-state index is 0.147. The molecule has 1 aromatic carbocycles. The third kappa shape index (κ3) is 3.73. The van der Waals surface area contributed by atoms with Crippen LogP contribution in [0.25, 0.3) is 0 Å². The monoisotopic (exact) mass is 275 g/mol. The maximum absolute atomic E-state index is 12.3. The van der Waals surface area contributed by atoms with Crippen molar-refractivity contribution in [2.75, 3.05) is 44.7 Å². The molecular formula is C16H25N3O. The number of anilines is 1. The smallest absolute Gasteiger partial charge is 0.253 e. The molecule has 1 aliphatic rings. The molecule has 1 fully saturated rings. The molecule has 4 heteroatoms. The molecule has 20 heavy (non-hydrogen) atoms. The van der Waals surface area contributed by atoms with Gasteiger partial charge in [0.15, 0.2) is 0 Å². The van der Waals surface area contributed by atoms with Gasteiger partial charge in [0, 0.05) is 51.0 Å².